The number of rotatable bonds is 2. The predicted molar refractivity (Wildman–Crippen MR) is 103 cm³/mol. The van der Waals surface area contributed by atoms with E-state index in [-0.39, 0.29) is 0 Å². The summed E-state index contributed by atoms with van der Waals surface area (Å²) in [6.07, 6.45) is 12.4. The Kier molecular flexibility index (Phi) is 3.95. The van der Waals surface area contributed by atoms with Gasteiger partial charge in [0.05, 0.1) is 0 Å². The second-order valence-electron chi connectivity index (χ2n) is 8.52. The van der Waals surface area contributed by atoms with Gasteiger partial charge in [-0.2, -0.15) is 0 Å². The Morgan fingerprint density at radius 3 is 1.31 bits per heavy atom. The minimum Gasteiger partial charge on any atom is -0.507 e. The minimum absolute atomic E-state index is 0.429. The number of fused-ring (bicyclic) bond motifs is 2. The second-order valence-corrected chi connectivity index (χ2v) is 8.52. The van der Waals surface area contributed by atoms with Crippen LogP contribution in [0.4, 0.5) is 0 Å². The fourth-order valence-electron chi connectivity index (χ4n) is 5.59. The summed E-state index contributed by atoms with van der Waals surface area (Å²) in [5.74, 6) is 1.81. The largest absolute Gasteiger partial charge is 0.507 e. The van der Waals surface area contributed by atoms with Gasteiger partial charge in [-0.15, -0.1) is 0 Å². The van der Waals surface area contributed by atoms with E-state index in [1.807, 2.05) is 0 Å². The maximum Gasteiger partial charge on any atom is 0.127 e. The molecule has 2 aromatic carbocycles. The van der Waals surface area contributed by atoms with Crippen LogP contribution >= 0.6 is 0 Å². The maximum atomic E-state index is 11.0. The normalized spacial score (nSPS) is 20.3. The van der Waals surface area contributed by atoms with Gasteiger partial charge in [-0.1, -0.05) is 62.8 Å². The maximum absolute atomic E-state index is 11.0. The molecule has 0 atom stereocenters. The van der Waals surface area contributed by atoms with Crippen LogP contribution in [0.2, 0.25) is 0 Å². The molecule has 2 heteroatoms. The first-order valence-corrected chi connectivity index (χ1v) is 10.5. The molecule has 3 aliphatic rings. The molecule has 5 rings (SSSR count). The summed E-state index contributed by atoms with van der Waals surface area (Å²) in [6, 6.07) is 8.56. The summed E-state index contributed by atoms with van der Waals surface area (Å²) < 4.78 is 0. The van der Waals surface area contributed by atoms with E-state index < -0.39 is 0 Å². The Bertz CT molecular complexity index is 942. The lowest BCUT2D eigenvalue weighted by Crippen LogP contribution is -2.08. The predicted octanol–water partition coefficient (Wildman–Crippen LogP) is 6.08. The molecule has 2 fully saturated rings. The Morgan fingerprint density at radius 1 is 0.538 bits per heavy atom. The van der Waals surface area contributed by atoms with Gasteiger partial charge in [0.1, 0.15) is 11.5 Å². The molecule has 0 unspecified atom stereocenters. The van der Waals surface area contributed by atoms with Crippen LogP contribution < -0.4 is 0 Å². The van der Waals surface area contributed by atoms with Crippen molar-refractivity contribution < 1.29 is 10.2 Å². The van der Waals surface area contributed by atoms with Crippen LogP contribution in [-0.2, 0) is 0 Å². The first kappa shape index (κ1) is 16.2. The van der Waals surface area contributed by atoms with Crippen LogP contribution in [0, 0.1) is 20.9 Å². The van der Waals surface area contributed by atoms with E-state index >= 15 is 0 Å². The number of hydrogen-bond donors (Lipinski definition) is 2. The van der Waals surface area contributed by atoms with Crippen molar-refractivity contribution in [2.75, 3.05) is 0 Å². The Labute approximate surface area is 154 Å². The topological polar surface area (TPSA) is 40.5 Å². The molecular formula is C24H28O2. The number of aromatic hydroxyl groups is 2. The summed E-state index contributed by atoms with van der Waals surface area (Å²) >= 11 is 0. The summed E-state index contributed by atoms with van der Waals surface area (Å²) in [6.45, 7) is 0. The monoisotopic (exact) mass is 348 g/mol. The molecule has 0 heterocycles. The molecule has 3 aliphatic carbocycles. The van der Waals surface area contributed by atoms with Gasteiger partial charge in [-0.05, 0) is 59.1 Å². The lowest BCUT2D eigenvalue weighted by molar-refractivity contribution is 0.406. The third-order valence-electron chi connectivity index (χ3n) is 7.05. The number of phenols is 2. The first-order valence-electron chi connectivity index (χ1n) is 10.5. The van der Waals surface area contributed by atoms with E-state index in [1.54, 1.807) is 0 Å². The smallest absolute Gasteiger partial charge is 0.127 e. The van der Waals surface area contributed by atoms with Gasteiger partial charge in [0.15, 0.2) is 0 Å². The molecule has 0 spiro atoms. The molecule has 2 aromatic rings. The van der Waals surface area contributed by atoms with Gasteiger partial charge in [-0.25, -0.2) is 0 Å². The van der Waals surface area contributed by atoms with E-state index in [0.717, 1.165) is 32.0 Å². The highest BCUT2D eigenvalue weighted by Gasteiger charge is 2.24. The van der Waals surface area contributed by atoms with Crippen molar-refractivity contribution in [3.63, 3.8) is 0 Å². The van der Waals surface area contributed by atoms with Gasteiger partial charge in [0, 0.05) is 10.4 Å². The highest BCUT2D eigenvalue weighted by molar-refractivity contribution is 5.50. The molecule has 0 aromatic heterocycles. The quantitative estimate of drug-likeness (QED) is 0.589. The van der Waals surface area contributed by atoms with Gasteiger partial charge in [0.2, 0.25) is 0 Å². The Hall–Kier alpha value is -1.96. The van der Waals surface area contributed by atoms with Gasteiger partial charge in [0.25, 0.3) is 0 Å². The minimum atomic E-state index is 0.429. The first-order chi connectivity index (χ1) is 12.8. The molecule has 26 heavy (non-hydrogen) atoms. The number of phenolic OH excluding ortho intramolecular Hbond substituents is 2. The zero-order valence-electron chi connectivity index (χ0n) is 15.4. The molecule has 136 valence electrons. The molecule has 0 amide bonds. The van der Waals surface area contributed by atoms with Gasteiger partial charge in [-0.3, -0.25) is 0 Å². The van der Waals surface area contributed by atoms with E-state index in [9.17, 15) is 10.2 Å². The van der Waals surface area contributed by atoms with Crippen LogP contribution in [-0.4, -0.2) is 10.2 Å². The fourth-order valence-corrected chi connectivity index (χ4v) is 5.59. The van der Waals surface area contributed by atoms with Gasteiger partial charge < -0.3 is 10.2 Å². The summed E-state index contributed by atoms with van der Waals surface area (Å²) in [5, 5.41) is 26.1. The van der Waals surface area contributed by atoms with Crippen LogP contribution in [0.15, 0.2) is 24.3 Å². The SMILES string of the molecule is Oc1c(C2CCCCC2)ccc2c1=c1c(O)c(C3CCCCC3)ccc1=2. The average molecular weight is 348 g/mol. The standard InChI is InChI=1S/C24H28O2/c25-23-17(15-7-3-1-4-8-15)11-13-19-20-14-12-18(16-9-5-2-6-10-16)24(26)22(20)21(19)23/h11-16,25-26H,1-10H2. The van der Waals surface area contributed by atoms with Crippen LogP contribution in [0.25, 0.3) is 0 Å². The fraction of sp³-hybridized carbons (Fsp3) is 0.500. The van der Waals surface area contributed by atoms with Crippen molar-refractivity contribution in [2.24, 2.45) is 0 Å². The van der Waals surface area contributed by atoms with Crippen molar-refractivity contribution in [3.8, 4) is 11.5 Å². The zero-order chi connectivity index (χ0) is 17.7. The third kappa shape index (κ3) is 2.38. The molecular weight excluding hydrogens is 320 g/mol. The van der Waals surface area contributed by atoms with Gasteiger partial charge >= 0.3 is 0 Å². The second kappa shape index (κ2) is 6.33. The molecule has 2 saturated carbocycles. The molecule has 0 bridgehead atoms. The van der Waals surface area contributed by atoms with E-state index in [0.29, 0.717) is 23.3 Å². The molecule has 2 N–H and O–H groups in total. The van der Waals surface area contributed by atoms with Crippen LogP contribution in [0.1, 0.15) is 87.2 Å². The molecule has 0 saturated heterocycles. The van der Waals surface area contributed by atoms with E-state index in [4.69, 9.17) is 0 Å². The molecule has 2 nitrogen and oxygen atoms in total. The van der Waals surface area contributed by atoms with E-state index in [2.05, 4.69) is 24.3 Å². The van der Waals surface area contributed by atoms with E-state index in [1.165, 1.54) is 64.2 Å². The highest BCUT2D eigenvalue weighted by Crippen LogP contribution is 2.42. The van der Waals surface area contributed by atoms with Crippen LogP contribution in [0.5, 0.6) is 11.5 Å². The number of benzene rings is 2. The summed E-state index contributed by atoms with van der Waals surface area (Å²) in [5.41, 5.74) is 2.19. The zero-order valence-corrected chi connectivity index (χ0v) is 15.4. The lowest BCUT2D eigenvalue weighted by atomic mass is 9.81. The van der Waals surface area contributed by atoms with Crippen molar-refractivity contribution in [1.82, 2.24) is 0 Å². The van der Waals surface area contributed by atoms with Crippen molar-refractivity contribution >= 4 is 0 Å². The Morgan fingerprint density at radius 2 is 0.923 bits per heavy atom. The van der Waals surface area contributed by atoms with Crippen LogP contribution in [0.3, 0.4) is 0 Å². The summed E-state index contributed by atoms with van der Waals surface area (Å²) in [4.78, 5) is 0. The molecule has 0 aliphatic heterocycles. The average Bonchev–Trinajstić information content (AvgIpc) is 2.67. The van der Waals surface area contributed by atoms with Crippen molar-refractivity contribution in [1.29, 1.82) is 0 Å². The molecule has 0 radical (unpaired) electrons. The third-order valence-corrected chi connectivity index (χ3v) is 7.05. The van der Waals surface area contributed by atoms with Crippen molar-refractivity contribution in [3.05, 3.63) is 56.3 Å². The Balaban J connectivity index is 1.67. The van der Waals surface area contributed by atoms with Crippen molar-refractivity contribution in [2.45, 2.75) is 76.0 Å². The summed E-state index contributed by atoms with van der Waals surface area (Å²) in [7, 11) is 0. The lowest BCUT2D eigenvalue weighted by Gasteiger charge is -2.25. The number of hydrogen-bond acceptors (Lipinski definition) is 2. The highest BCUT2D eigenvalue weighted by atomic mass is 16.3.